The van der Waals surface area contributed by atoms with Crippen LogP contribution in [-0.4, -0.2) is 7.11 Å². The van der Waals surface area contributed by atoms with Crippen molar-refractivity contribution in [3.05, 3.63) is 28.2 Å². The Balaban J connectivity index is 0.00000121. The molecule has 0 saturated heterocycles. The molecule has 1 rings (SSSR count). The van der Waals surface area contributed by atoms with Gasteiger partial charge in [0.25, 0.3) is 0 Å². The van der Waals surface area contributed by atoms with Gasteiger partial charge in [-0.2, -0.15) is 0 Å². The molecule has 68 valence electrons. The van der Waals surface area contributed by atoms with Crippen LogP contribution in [0.1, 0.15) is 5.56 Å². The molecule has 2 nitrogen and oxygen atoms in total. The second-order valence-corrected chi connectivity index (χ2v) is 3.03. The zero-order valence-corrected chi connectivity index (χ0v) is 9.11. The van der Waals surface area contributed by atoms with Crippen LogP contribution in [-0.2, 0) is 6.54 Å². The first-order chi connectivity index (χ1) is 5.27. The highest BCUT2D eigenvalue weighted by molar-refractivity contribution is 9.10. The number of ether oxygens (including phenoxy) is 1. The van der Waals surface area contributed by atoms with Crippen LogP contribution in [0.2, 0.25) is 0 Å². The van der Waals surface area contributed by atoms with Crippen molar-refractivity contribution >= 4 is 28.3 Å². The molecule has 0 aromatic heterocycles. The Hall–Kier alpha value is -0.250. The van der Waals surface area contributed by atoms with Gasteiger partial charge in [-0.3, -0.25) is 0 Å². The molecule has 0 aliphatic carbocycles. The fourth-order valence-electron chi connectivity index (χ4n) is 0.831. The lowest BCUT2D eigenvalue weighted by molar-refractivity contribution is 0.411. The van der Waals surface area contributed by atoms with Crippen molar-refractivity contribution < 1.29 is 4.74 Å². The molecule has 0 spiro atoms. The highest BCUT2D eigenvalue weighted by atomic mass is 79.9. The number of hydrogen-bond acceptors (Lipinski definition) is 2. The van der Waals surface area contributed by atoms with Crippen LogP contribution in [0.15, 0.2) is 22.7 Å². The van der Waals surface area contributed by atoms with Gasteiger partial charge in [0.15, 0.2) is 0 Å². The third-order valence-electron chi connectivity index (χ3n) is 1.45. The summed E-state index contributed by atoms with van der Waals surface area (Å²) < 4.78 is 6.04. The summed E-state index contributed by atoms with van der Waals surface area (Å²) in [7, 11) is 1.64. The average Bonchev–Trinajstić information content (AvgIpc) is 2.05. The lowest BCUT2D eigenvalue weighted by atomic mass is 10.2. The summed E-state index contributed by atoms with van der Waals surface area (Å²) in [6, 6.07) is 5.82. The number of benzene rings is 1. The van der Waals surface area contributed by atoms with E-state index in [1.165, 1.54) is 0 Å². The van der Waals surface area contributed by atoms with E-state index in [4.69, 9.17) is 10.5 Å². The molecule has 1 aromatic carbocycles. The maximum Gasteiger partial charge on any atom is 0.133 e. The molecular formula is C8H11BrClNO. The van der Waals surface area contributed by atoms with Gasteiger partial charge in [0.2, 0.25) is 0 Å². The summed E-state index contributed by atoms with van der Waals surface area (Å²) in [6.45, 7) is 0.545. The van der Waals surface area contributed by atoms with Crippen molar-refractivity contribution in [3.8, 4) is 5.75 Å². The SMILES string of the molecule is COc1cc(CN)ccc1Br.Cl. The van der Waals surface area contributed by atoms with Gasteiger partial charge < -0.3 is 10.5 Å². The fourth-order valence-corrected chi connectivity index (χ4v) is 1.24. The number of methoxy groups -OCH3 is 1. The van der Waals surface area contributed by atoms with Crippen LogP contribution in [0.3, 0.4) is 0 Å². The van der Waals surface area contributed by atoms with E-state index in [2.05, 4.69) is 15.9 Å². The first-order valence-corrected chi connectivity index (χ1v) is 4.09. The number of nitrogens with two attached hydrogens (primary N) is 1. The van der Waals surface area contributed by atoms with Crippen LogP contribution in [0, 0.1) is 0 Å². The maximum absolute atomic E-state index is 5.45. The van der Waals surface area contributed by atoms with E-state index in [0.29, 0.717) is 6.54 Å². The second kappa shape index (κ2) is 5.41. The minimum atomic E-state index is 0. The third-order valence-corrected chi connectivity index (χ3v) is 2.11. The summed E-state index contributed by atoms with van der Waals surface area (Å²) in [5, 5.41) is 0. The first kappa shape index (κ1) is 11.8. The fraction of sp³-hybridized carbons (Fsp3) is 0.250. The lowest BCUT2D eigenvalue weighted by Gasteiger charge is -2.04. The Morgan fingerprint density at radius 2 is 2.17 bits per heavy atom. The van der Waals surface area contributed by atoms with Crippen molar-refractivity contribution in [1.29, 1.82) is 0 Å². The van der Waals surface area contributed by atoms with Crippen LogP contribution in [0.4, 0.5) is 0 Å². The van der Waals surface area contributed by atoms with Gasteiger partial charge in [-0.25, -0.2) is 0 Å². The molecule has 0 fully saturated rings. The number of rotatable bonds is 2. The Morgan fingerprint density at radius 3 is 2.67 bits per heavy atom. The molecule has 0 unspecified atom stereocenters. The van der Waals surface area contributed by atoms with Crippen LogP contribution in [0.25, 0.3) is 0 Å². The predicted molar refractivity (Wildman–Crippen MR) is 55.8 cm³/mol. The molecule has 0 bridgehead atoms. The summed E-state index contributed by atoms with van der Waals surface area (Å²) >= 11 is 3.35. The van der Waals surface area contributed by atoms with E-state index >= 15 is 0 Å². The summed E-state index contributed by atoms with van der Waals surface area (Å²) in [5.74, 6) is 0.827. The van der Waals surface area contributed by atoms with Gasteiger partial charge in [0.1, 0.15) is 5.75 Å². The Morgan fingerprint density at radius 1 is 1.50 bits per heavy atom. The third kappa shape index (κ3) is 2.66. The van der Waals surface area contributed by atoms with Crippen molar-refractivity contribution in [2.24, 2.45) is 5.73 Å². The minimum absolute atomic E-state index is 0. The average molecular weight is 253 g/mol. The van der Waals surface area contributed by atoms with E-state index < -0.39 is 0 Å². The zero-order valence-electron chi connectivity index (χ0n) is 6.71. The maximum atomic E-state index is 5.45. The molecule has 0 radical (unpaired) electrons. The van der Waals surface area contributed by atoms with E-state index in [1.54, 1.807) is 7.11 Å². The second-order valence-electron chi connectivity index (χ2n) is 2.17. The molecule has 4 heteroatoms. The van der Waals surface area contributed by atoms with Crippen molar-refractivity contribution in [2.75, 3.05) is 7.11 Å². The van der Waals surface area contributed by atoms with Crippen molar-refractivity contribution in [3.63, 3.8) is 0 Å². The summed E-state index contributed by atoms with van der Waals surface area (Å²) in [4.78, 5) is 0. The Bertz CT molecular complexity index is 255. The van der Waals surface area contributed by atoms with E-state index in [1.807, 2.05) is 18.2 Å². The van der Waals surface area contributed by atoms with Crippen molar-refractivity contribution in [2.45, 2.75) is 6.54 Å². The van der Waals surface area contributed by atoms with E-state index in [9.17, 15) is 0 Å². The van der Waals surface area contributed by atoms with Gasteiger partial charge in [-0.1, -0.05) is 6.07 Å². The van der Waals surface area contributed by atoms with Gasteiger partial charge in [-0.15, -0.1) is 12.4 Å². The highest BCUT2D eigenvalue weighted by Crippen LogP contribution is 2.25. The largest absolute Gasteiger partial charge is 0.496 e. The normalized spacial score (nSPS) is 8.92. The molecule has 1 aromatic rings. The Kier molecular flexibility index (Phi) is 5.29. The van der Waals surface area contributed by atoms with E-state index in [0.717, 1.165) is 15.8 Å². The first-order valence-electron chi connectivity index (χ1n) is 3.30. The monoisotopic (exact) mass is 251 g/mol. The molecule has 0 aliphatic rings. The number of hydrogen-bond donors (Lipinski definition) is 1. The molecule has 0 saturated carbocycles. The smallest absolute Gasteiger partial charge is 0.133 e. The molecule has 0 atom stereocenters. The highest BCUT2D eigenvalue weighted by Gasteiger charge is 1.98. The summed E-state index contributed by atoms with van der Waals surface area (Å²) in [5.41, 5.74) is 6.53. The topological polar surface area (TPSA) is 35.2 Å². The molecule has 2 N–H and O–H groups in total. The van der Waals surface area contributed by atoms with E-state index in [-0.39, 0.29) is 12.4 Å². The molecular weight excluding hydrogens is 241 g/mol. The van der Waals surface area contributed by atoms with Crippen molar-refractivity contribution in [1.82, 2.24) is 0 Å². The standard InChI is InChI=1S/C8H10BrNO.ClH/c1-11-8-4-6(5-10)2-3-7(8)9;/h2-4H,5,10H2,1H3;1H. The van der Waals surface area contributed by atoms with Gasteiger partial charge >= 0.3 is 0 Å². The molecule has 0 amide bonds. The minimum Gasteiger partial charge on any atom is -0.496 e. The molecule has 0 heterocycles. The van der Waals surface area contributed by atoms with Crippen LogP contribution < -0.4 is 10.5 Å². The quantitative estimate of drug-likeness (QED) is 0.877. The predicted octanol–water partition coefficient (Wildman–Crippen LogP) is 2.34. The molecule has 0 aliphatic heterocycles. The van der Waals surface area contributed by atoms with Gasteiger partial charge in [0.05, 0.1) is 11.6 Å². The van der Waals surface area contributed by atoms with Crippen LogP contribution in [0.5, 0.6) is 5.75 Å². The number of halogens is 2. The van der Waals surface area contributed by atoms with Gasteiger partial charge in [-0.05, 0) is 33.6 Å². The lowest BCUT2D eigenvalue weighted by Crippen LogP contribution is -1.96. The Labute approximate surface area is 86.6 Å². The summed E-state index contributed by atoms with van der Waals surface area (Å²) in [6.07, 6.45) is 0. The molecule has 12 heavy (non-hydrogen) atoms. The zero-order chi connectivity index (χ0) is 8.27. The van der Waals surface area contributed by atoms with Crippen LogP contribution >= 0.6 is 28.3 Å². The van der Waals surface area contributed by atoms with Gasteiger partial charge in [0, 0.05) is 6.54 Å².